The Kier molecular flexibility index (Phi) is 6.23. The number of nitrogens with zero attached hydrogens (tertiary/aromatic N) is 3. The number of hydrogen-bond acceptors (Lipinski definition) is 5. The van der Waals surface area contributed by atoms with Crippen molar-refractivity contribution < 1.29 is 4.79 Å². The predicted octanol–water partition coefficient (Wildman–Crippen LogP) is 3.82. The first-order chi connectivity index (χ1) is 15.2. The van der Waals surface area contributed by atoms with E-state index in [9.17, 15) is 9.59 Å². The third-order valence-electron chi connectivity index (χ3n) is 7.26. The van der Waals surface area contributed by atoms with Gasteiger partial charge in [0.2, 0.25) is 5.91 Å². The normalized spacial score (nSPS) is 23.0. The molecule has 1 saturated carbocycles. The highest BCUT2D eigenvalue weighted by Gasteiger charge is 2.32. The van der Waals surface area contributed by atoms with E-state index in [0.29, 0.717) is 18.3 Å². The van der Waals surface area contributed by atoms with Gasteiger partial charge in [0.1, 0.15) is 5.82 Å². The monoisotopic (exact) mass is 440 g/mol. The van der Waals surface area contributed by atoms with Crippen LogP contribution in [0.3, 0.4) is 0 Å². The summed E-state index contributed by atoms with van der Waals surface area (Å²) in [4.78, 5) is 39.6. The van der Waals surface area contributed by atoms with Gasteiger partial charge in [-0.1, -0.05) is 25.3 Å². The van der Waals surface area contributed by atoms with Crippen LogP contribution in [0.4, 0.5) is 0 Å². The summed E-state index contributed by atoms with van der Waals surface area (Å²) in [7, 11) is 0. The third-order valence-corrected chi connectivity index (χ3v) is 8.13. The topological polar surface area (TPSA) is 69.3 Å². The Labute approximate surface area is 187 Å². The fourth-order valence-corrected chi connectivity index (χ4v) is 6.27. The van der Waals surface area contributed by atoms with Gasteiger partial charge in [0, 0.05) is 36.1 Å². The van der Waals surface area contributed by atoms with Gasteiger partial charge in [-0.15, -0.1) is 11.3 Å². The zero-order valence-corrected chi connectivity index (χ0v) is 19.0. The molecular weight excluding hydrogens is 408 g/mol. The van der Waals surface area contributed by atoms with Crippen molar-refractivity contribution >= 4 is 17.2 Å². The van der Waals surface area contributed by atoms with Gasteiger partial charge in [0.05, 0.1) is 18.2 Å². The van der Waals surface area contributed by atoms with Crippen molar-refractivity contribution in [2.75, 3.05) is 13.1 Å². The Morgan fingerprint density at radius 2 is 1.97 bits per heavy atom. The molecule has 1 atom stereocenters. The van der Waals surface area contributed by atoms with Gasteiger partial charge in [-0.2, -0.15) is 0 Å². The van der Waals surface area contributed by atoms with Crippen LogP contribution in [0.15, 0.2) is 22.3 Å². The molecule has 2 aromatic heterocycles. The molecule has 2 fully saturated rings. The van der Waals surface area contributed by atoms with E-state index < -0.39 is 0 Å². The van der Waals surface area contributed by atoms with E-state index in [1.54, 1.807) is 11.3 Å². The number of carbonyl (C=O) groups is 1. The molecule has 2 aromatic rings. The number of piperidine rings is 1. The summed E-state index contributed by atoms with van der Waals surface area (Å²) in [6, 6.07) is 4.51. The molecule has 1 N–H and O–H groups in total. The molecule has 2 aliphatic heterocycles. The molecule has 166 valence electrons. The van der Waals surface area contributed by atoms with Gasteiger partial charge < -0.3 is 9.88 Å². The molecule has 1 amide bonds. The van der Waals surface area contributed by atoms with Crippen LogP contribution in [0.2, 0.25) is 0 Å². The number of fused-ring (bicyclic) bond motifs is 1. The third kappa shape index (κ3) is 4.48. The first kappa shape index (κ1) is 20.9. The number of thiophene rings is 1. The number of hydrogen-bond donors (Lipinski definition) is 1. The summed E-state index contributed by atoms with van der Waals surface area (Å²) in [6.45, 7) is 2.47. The second-order valence-electron chi connectivity index (χ2n) is 9.24. The van der Waals surface area contributed by atoms with E-state index in [-0.39, 0.29) is 17.5 Å². The second-order valence-corrected chi connectivity index (χ2v) is 10.3. The summed E-state index contributed by atoms with van der Waals surface area (Å²) >= 11 is 1.62. The molecule has 0 spiro atoms. The molecule has 6 nitrogen and oxygen atoms in total. The maximum absolute atomic E-state index is 13.1. The van der Waals surface area contributed by atoms with E-state index in [2.05, 4.69) is 9.88 Å². The van der Waals surface area contributed by atoms with Crippen molar-refractivity contribution in [3.63, 3.8) is 0 Å². The standard InChI is InChI=1S/C24H32N4O2S/c29-22(15-18-9-6-14-31-18)28-12-5-4-10-21(28)23-25-20-16-27(17-7-2-1-3-8-17)13-11-19(20)24(30)26-23/h6,9,14,17,21H,1-5,7-8,10-13,15-16H2,(H,25,26,30)/t21-/m0/s1. The number of H-pyrrole nitrogens is 1. The maximum Gasteiger partial charge on any atom is 0.254 e. The van der Waals surface area contributed by atoms with E-state index >= 15 is 0 Å². The minimum absolute atomic E-state index is 0.000441. The number of amides is 1. The minimum Gasteiger partial charge on any atom is -0.332 e. The van der Waals surface area contributed by atoms with E-state index in [4.69, 9.17) is 4.98 Å². The number of carbonyl (C=O) groups excluding carboxylic acids is 1. The highest BCUT2D eigenvalue weighted by molar-refractivity contribution is 7.10. The van der Waals surface area contributed by atoms with Crippen molar-refractivity contribution in [2.24, 2.45) is 0 Å². The van der Waals surface area contributed by atoms with Crippen LogP contribution < -0.4 is 5.56 Å². The van der Waals surface area contributed by atoms with Crippen molar-refractivity contribution in [3.05, 3.63) is 49.8 Å². The fraction of sp³-hybridized carbons (Fsp3) is 0.625. The first-order valence-corrected chi connectivity index (χ1v) is 12.7. The van der Waals surface area contributed by atoms with Gasteiger partial charge in [-0.3, -0.25) is 14.5 Å². The van der Waals surface area contributed by atoms with Crippen LogP contribution in [-0.2, 0) is 24.2 Å². The molecule has 0 aromatic carbocycles. The number of nitrogens with one attached hydrogen (secondary N) is 1. The van der Waals surface area contributed by atoms with Crippen molar-refractivity contribution in [3.8, 4) is 0 Å². The Hall–Kier alpha value is -1.99. The van der Waals surface area contributed by atoms with Crippen LogP contribution in [0.5, 0.6) is 0 Å². The van der Waals surface area contributed by atoms with Crippen LogP contribution in [0, 0.1) is 0 Å². The van der Waals surface area contributed by atoms with E-state index in [1.165, 1.54) is 32.1 Å². The smallest absolute Gasteiger partial charge is 0.254 e. The van der Waals surface area contributed by atoms with E-state index in [0.717, 1.165) is 61.5 Å². The Morgan fingerprint density at radius 1 is 1.13 bits per heavy atom. The zero-order chi connectivity index (χ0) is 21.2. The number of aromatic amines is 1. The maximum atomic E-state index is 13.1. The van der Waals surface area contributed by atoms with Crippen LogP contribution in [-0.4, -0.2) is 44.8 Å². The van der Waals surface area contributed by atoms with Crippen LogP contribution in [0.1, 0.15) is 79.4 Å². The van der Waals surface area contributed by atoms with Gasteiger partial charge in [-0.05, 0) is 50.0 Å². The molecule has 5 rings (SSSR count). The van der Waals surface area contributed by atoms with Gasteiger partial charge in [0.15, 0.2) is 0 Å². The lowest BCUT2D eigenvalue weighted by Crippen LogP contribution is -2.44. The second kappa shape index (κ2) is 9.25. The van der Waals surface area contributed by atoms with Crippen molar-refractivity contribution in [1.29, 1.82) is 0 Å². The average molecular weight is 441 g/mol. The molecule has 1 aliphatic carbocycles. The zero-order valence-electron chi connectivity index (χ0n) is 18.1. The average Bonchev–Trinajstić information content (AvgIpc) is 3.32. The summed E-state index contributed by atoms with van der Waals surface area (Å²) in [5, 5.41) is 2.01. The number of likely N-dealkylation sites (tertiary alicyclic amines) is 1. The summed E-state index contributed by atoms with van der Waals surface area (Å²) < 4.78 is 0. The van der Waals surface area contributed by atoms with Crippen LogP contribution in [0.25, 0.3) is 0 Å². The highest BCUT2D eigenvalue weighted by atomic mass is 32.1. The van der Waals surface area contributed by atoms with Crippen LogP contribution >= 0.6 is 11.3 Å². The first-order valence-electron chi connectivity index (χ1n) is 11.9. The lowest BCUT2D eigenvalue weighted by Gasteiger charge is -2.38. The van der Waals surface area contributed by atoms with Gasteiger partial charge >= 0.3 is 0 Å². The minimum atomic E-state index is -0.121. The number of rotatable bonds is 4. The molecule has 7 heteroatoms. The van der Waals surface area contributed by atoms with Crippen molar-refractivity contribution in [2.45, 2.75) is 82.8 Å². The summed E-state index contributed by atoms with van der Waals surface area (Å²) in [6.07, 6.45) is 10.6. The van der Waals surface area contributed by atoms with Gasteiger partial charge in [0.25, 0.3) is 5.56 Å². The largest absolute Gasteiger partial charge is 0.332 e. The Balaban J connectivity index is 1.38. The molecule has 1 saturated heterocycles. The lowest BCUT2D eigenvalue weighted by atomic mass is 9.92. The predicted molar refractivity (Wildman–Crippen MR) is 122 cm³/mol. The Morgan fingerprint density at radius 3 is 2.77 bits per heavy atom. The molecule has 4 heterocycles. The molecule has 3 aliphatic rings. The quantitative estimate of drug-likeness (QED) is 0.785. The highest BCUT2D eigenvalue weighted by Crippen LogP contribution is 2.31. The number of aromatic nitrogens is 2. The Bertz CT molecular complexity index is 964. The molecule has 31 heavy (non-hydrogen) atoms. The summed E-state index contributed by atoms with van der Waals surface area (Å²) in [5.74, 6) is 0.824. The lowest BCUT2D eigenvalue weighted by molar-refractivity contribution is -0.134. The fourth-order valence-electron chi connectivity index (χ4n) is 5.57. The molecule has 0 unspecified atom stereocenters. The van der Waals surface area contributed by atoms with E-state index in [1.807, 2.05) is 22.4 Å². The molecular formula is C24H32N4O2S. The molecule has 0 bridgehead atoms. The van der Waals surface area contributed by atoms with Gasteiger partial charge in [-0.25, -0.2) is 4.98 Å². The van der Waals surface area contributed by atoms with Crippen molar-refractivity contribution in [1.82, 2.24) is 19.8 Å². The SMILES string of the molecule is O=C(Cc1cccs1)N1CCCC[C@H]1c1nc2c(c(=O)[nH]1)CCN(C1CCCCC1)C2. The molecule has 0 radical (unpaired) electrons. The summed E-state index contributed by atoms with van der Waals surface area (Å²) in [5.41, 5.74) is 1.79.